The second kappa shape index (κ2) is 6.08. The van der Waals surface area contributed by atoms with Crippen LogP contribution in [0.1, 0.15) is 0 Å². The molecule has 18 heavy (non-hydrogen) atoms. The van der Waals surface area contributed by atoms with Crippen molar-refractivity contribution in [2.24, 2.45) is 0 Å². The van der Waals surface area contributed by atoms with Gasteiger partial charge in [-0.2, -0.15) is 0 Å². The highest BCUT2D eigenvalue weighted by molar-refractivity contribution is 7.71. The van der Waals surface area contributed by atoms with Crippen LogP contribution in [0.4, 0.5) is 0 Å². The predicted molar refractivity (Wildman–Crippen MR) is 74.3 cm³/mol. The first-order valence-corrected chi connectivity index (χ1v) is 6.34. The van der Waals surface area contributed by atoms with E-state index in [0.717, 1.165) is 42.2 Å². The van der Waals surface area contributed by atoms with Crippen LogP contribution in [-0.4, -0.2) is 53.3 Å². The molecule has 5 nitrogen and oxygen atoms in total. The van der Waals surface area contributed by atoms with Gasteiger partial charge in [0.25, 0.3) is 0 Å². The molecule has 0 fully saturated rings. The molecule has 0 atom stereocenters. The van der Waals surface area contributed by atoms with Crippen LogP contribution in [0.5, 0.6) is 0 Å². The maximum absolute atomic E-state index is 5.32. The van der Waals surface area contributed by atoms with Crippen molar-refractivity contribution in [2.75, 3.05) is 33.9 Å². The van der Waals surface area contributed by atoms with Gasteiger partial charge in [-0.25, -0.2) is 4.98 Å². The Kier molecular flexibility index (Phi) is 4.46. The minimum atomic E-state index is 0.726. The topological polar surface area (TPSA) is 46.1 Å². The number of H-pyrrole nitrogens is 1. The van der Waals surface area contributed by atoms with Crippen LogP contribution >= 0.6 is 12.2 Å². The van der Waals surface area contributed by atoms with Crippen molar-refractivity contribution in [3.05, 3.63) is 23.1 Å². The number of methoxy groups -OCH3 is 1. The standard InChI is InChI=1S/C12H18N4OS/c1-15(8-9-17-2)6-7-16-11-10(14-12(16)18)4-3-5-13-11/h3-5H,6-9H2,1-2H3,(H,14,18). The van der Waals surface area contributed by atoms with Crippen molar-refractivity contribution in [1.29, 1.82) is 0 Å². The predicted octanol–water partition coefficient (Wildman–Crippen LogP) is 1.67. The normalized spacial score (nSPS) is 11.5. The van der Waals surface area contributed by atoms with Crippen molar-refractivity contribution in [1.82, 2.24) is 19.4 Å². The summed E-state index contributed by atoms with van der Waals surface area (Å²) < 4.78 is 7.82. The Labute approximate surface area is 111 Å². The van der Waals surface area contributed by atoms with E-state index in [1.54, 1.807) is 13.3 Å². The fraction of sp³-hybridized carbons (Fsp3) is 0.500. The Hall–Kier alpha value is -1.24. The second-order valence-corrected chi connectivity index (χ2v) is 4.64. The van der Waals surface area contributed by atoms with Gasteiger partial charge in [0.1, 0.15) is 0 Å². The number of pyridine rings is 1. The van der Waals surface area contributed by atoms with E-state index in [0.29, 0.717) is 0 Å². The highest BCUT2D eigenvalue weighted by Crippen LogP contribution is 2.10. The van der Waals surface area contributed by atoms with Crippen molar-refractivity contribution in [3.63, 3.8) is 0 Å². The van der Waals surface area contributed by atoms with Gasteiger partial charge in [0.05, 0.1) is 12.1 Å². The monoisotopic (exact) mass is 266 g/mol. The van der Waals surface area contributed by atoms with Crippen LogP contribution in [-0.2, 0) is 11.3 Å². The van der Waals surface area contributed by atoms with Crippen LogP contribution in [0.2, 0.25) is 0 Å². The number of rotatable bonds is 6. The number of aromatic nitrogens is 3. The molecule has 2 aromatic rings. The molecule has 0 amide bonds. The second-order valence-electron chi connectivity index (χ2n) is 4.25. The first-order valence-electron chi connectivity index (χ1n) is 5.93. The number of hydrogen-bond acceptors (Lipinski definition) is 4. The number of nitrogens with zero attached hydrogens (tertiary/aromatic N) is 3. The van der Waals surface area contributed by atoms with Gasteiger partial charge in [-0.05, 0) is 31.4 Å². The van der Waals surface area contributed by atoms with Crippen LogP contribution in [0.3, 0.4) is 0 Å². The molecule has 0 aromatic carbocycles. The van der Waals surface area contributed by atoms with Gasteiger partial charge in [0.2, 0.25) is 0 Å². The molecule has 1 N–H and O–H groups in total. The van der Waals surface area contributed by atoms with E-state index in [-0.39, 0.29) is 0 Å². The third kappa shape index (κ3) is 2.95. The minimum absolute atomic E-state index is 0.726. The number of aromatic amines is 1. The van der Waals surface area contributed by atoms with Gasteiger partial charge >= 0.3 is 0 Å². The number of fused-ring (bicyclic) bond motifs is 1. The molecule has 0 aliphatic rings. The fourth-order valence-corrected chi connectivity index (χ4v) is 2.11. The molecule has 0 aliphatic heterocycles. The number of imidazole rings is 1. The first kappa shape index (κ1) is 13.2. The fourth-order valence-electron chi connectivity index (χ4n) is 1.83. The molecule has 0 unspecified atom stereocenters. The molecule has 0 aliphatic carbocycles. The summed E-state index contributed by atoms with van der Waals surface area (Å²) in [6.45, 7) is 3.41. The molecule has 2 aromatic heterocycles. The molecular weight excluding hydrogens is 248 g/mol. The highest BCUT2D eigenvalue weighted by Gasteiger charge is 2.05. The smallest absolute Gasteiger partial charge is 0.179 e. The summed E-state index contributed by atoms with van der Waals surface area (Å²) in [5, 5.41) is 0. The minimum Gasteiger partial charge on any atom is -0.383 e. The molecule has 0 saturated carbocycles. The van der Waals surface area contributed by atoms with Gasteiger partial charge < -0.3 is 19.2 Å². The molecule has 98 valence electrons. The summed E-state index contributed by atoms with van der Waals surface area (Å²) in [5.41, 5.74) is 1.91. The Morgan fingerprint density at radius 1 is 1.50 bits per heavy atom. The summed E-state index contributed by atoms with van der Waals surface area (Å²) in [5.74, 6) is 0. The lowest BCUT2D eigenvalue weighted by Crippen LogP contribution is -2.26. The Balaban J connectivity index is 2.07. The van der Waals surface area contributed by atoms with Gasteiger partial charge in [-0.1, -0.05) is 0 Å². The van der Waals surface area contributed by atoms with E-state index in [1.807, 2.05) is 16.7 Å². The molecule has 0 spiro atoms. The largest absolute Gasteiger partial charge is 0.383 e. The van der Waals surface area contributed by atoms with Crippen molar-refractivity contribution >= 4 is 23.4 Å². The van der Waals surface area contributed by atoms with E-state index < -0.39 is 0 Å². The number of ether oxygens (including phenoxy) is 1. The summed E-state index contributed by atoms with van der Waals surface area (Å²) in [4.78, 5) is 9.75. The highest BCUT2D eigenvalue weighted by atomic mass is 32.1. The first-order chi connectivity index (χ1) is 8.72. The maximum atomic E-state index is 5.32. The van der Waals surface area contributed by atoms with Crippen molar-refractivity contribution in [3.8, 4) is 0 Å². The lowest BCUT2D eigenvalue weighted by Gasteiger charge is -2.16. The van der Waals surface area contributed by atoms with Crippen LogP contribution < -0.4 is 0 Å². The van der Waals surface area contributed by atoms with E-state index in [1.165, 1.54) is 0 Å². The third-order valence-corrected chi connectivity index (χ3v) is 3.23. The average molecular weight is 266 g/mol. The van der Waals surface area contributed by atoms with Gasteiger partial charge in [-0.15, -0.1) is 0 Å². The van der Waals surface area contributed by atoms with Crippen molar-refractivity contribution < 1.29 is 4.74 Å². The number of nitrogens with one attached hydrogen (secondary N) is 1. The Morgan fingerprint density at radius 2 is 2.33 bits per heavy atom. The lowest BCUT2D eigenvalue weighted by atomic mass is 10.4. The van der Waals surface area contributed by atoms with Crippen LogP contribution in [0, 0.1) is 4.77 Å². The summed E-state index contributed by atoms with van der Waals surface area (Å²) in [7, 11) is 3.79. The molecule has 0 radical (unpaired) electrons. The zero-order chi connectivity index (χ0) is 13.0. The summed E-state index contributed by atoms with van der Waals surface area (Å²) in [6, 6.07) is 3.89. The summed E-state index contributed by atoms with van der Waals surface area (Å²) in [6.07, 6.45) is 1.79. The van der Waals surface area contributed by atoms with Gasteiger partial charge in [0, 0.05) is 32.9 Å². The van der Waals surface area contributed by atoms with Gasteiger partial charge in [-0.3, -0.25) is 0 Å². The van der Waals surface area contributed by atoms with Crippen LogP contribution in [0.15, 0.2) is 18.3 Å². The Bertz CT molecular complexity index is 562. The molecule has 0 saturated heterocycles. The van der Waals surface area contributed by atoms with E-state index in [2.05, 4.69) is 21.9 Å². The molecule has 6 heteroatoms. The van der Waals surface area contributed by atoms with Gasteiger partial charge in [0.15, 0.2) is 10.4 Å². The number of likely N-dealkylation sites (N-methyl/N-ethyl adjacent to an activating group) is 1. The zero-order valence-electron chi connectivity index (χ0n) is 10.7. The Morgan fingerprint density at radius 3 is 3.11 bits per heavy atom. The lowest BCUT2D eigenvalue weighted by molar-refractivity contribution is 0.159. The molecular formula is C12H18N4OS. The SMILES string of the molecule is COCCN(C)CCn1c(=S)[nH]c2cccnc21. The zero-order valence-corrected chi connectivity index (χ0v) is 11.5. The third-order valence-electron chi connectivity index (χ3n) is 2.91. The van der Waals surface area contributed by atoms with E-state index >= 15 is 0 Å². The molecule has 2 heterocycles. The quantitative estimate of drug-likeness (QED) is 0.808. The number of hydrogen-bond donors (Lipinski definition) is 1. The summed E-state index contributed by atoms with van der Waals surface area (Å²) >= 11 is 5.32. The average Bonchev–Trinajstić information content (AvgIpc) is 2.69. The maximum Gasteiger partial charge on any atom is 0.179 e. The molecule has 2 rings (SSSR count). The molecule has 0 bridgehead atoms. The van der Waals surface area contributed by atoms with Crippen molar-refractivity contribution in [2.45, 2.75) is 6.54 Å². The van der Waals surface area contributed by atoms with E-state index in [9.17, 15) is 0 Å². The van der Waals surface area contributed by atoms with Crippen LogP contribution in [0.25, 0.3) is 11.2 Å². The van der Waals surface area contributed by atoms with E-state index in [4.69, 9.17) is 17.0 Å².